The smallest absolute Gasteiger partial charge is 0.289 e. The molecule has 0 unspecified atom stereocenters. The van der Waals surface area contributed by atoms with E-state index in [0.29, 0.717) is 18.8 Å². The van der Waals surface area contributed by atoms with E-state index in [4.69, 9.17) is 4.42 Å². The summed E-state index contributed by atoms with van der Waals surface area (Å²) in [5, 5.41) is 3.48. The van der Waals surface area contributed by atoms with Gasteiger partial charge in [-0.05, 0) is 36.3 Å². The van der Waals surface area contributed by atoms with E-state index in [2.05, 4.69) is 58.2 Å². The molecule has 7 nitrogen and oxygen atoms in total. The molecule has 0 spiro atoms. The number of carbonyl (C=O) groups excluding carboxylic acids is 1. The summed E-state index contributed by atoms with van der Waals surface area (Å²) in [4.78, 5) is 23.3. The molecule has 1 aliphatic heterocycles. The molecule has 0 radical (unpaired) electrons. The maximum absolute atomic E-state index is 12.4. The number of piperazine rings is 1. The fourth-order valence-electron chi connectivity index (χ4n) is 3.73. The molecule has 2 aromatic rings. The predicted octanol–water partition coefficient (Wildman–Crippen LogP) is 2.65. The maximum atomic E-state index is 12.4. The molecule has 1 aliphatic rings. The van der Waals surface area contributed by atoms with Crippen molar-refractivity contribution in [3.63, 3.8) is 0 Å². The first-order valence-electron chi connectivity index (χ1n) is 10.7. The molecule has 7 heteroatoms. The summed E-state index contributed by atoms with van der Waals surface area (Å²) in [5.41, 5.74) is 2.57. The molecular formula is C23H33N5O2. The van der Waals surface area contributed by atoms with Gasteiger partial charge in [0.25, 0.3) is 5.91 Å². The standard InChI is InChI=1S/C23H33N5O2/c1-4-26(5-2)18-20-9-6-8-19(16-20)17-25-23(24-3)28-13-11-27(12-14-28)22(29)21-10-7-15-30-21/h6-10,15-16H,4-5,11-14,17-18H2,1-3H3,(H,24,25). The molecule has 1 fully saturated rings. The Morgan fingerprint density at radius 2 is 1.77 bits per heavy atom. The number of guanidine groups is 1. The van der Waals surface area contributed by atoms with Gasteiger partial charge in [-0.15, -0.1) is 0 Å². The molecular weight excluding hydrogens is 378 g/mol. The monoisotopic (exact) mass is 411 g/mol. The lowest BCUT2D eigenvalue weighted by molar-refractivity contribution is 0.0657. The maximum Gasteiger partial charge on any atom is 0.289 e. The number of nitrogens with zero attached hydrogens (tertiary/aromatic N) is 4. The van der Waals surface area contributed by atoms with Gasteiger partial charge in [-0.1, -0.05) is 38.1 Å². The van der Waals surface area contributed by atoms with Crippen LogP contribution in [-0.4, -0.2) is 72.9 Å². The van der Waals surface area contributed by atoms with Crippen molar-refractivity contribution in [3.8, 4) is 0 Å². The van der Waals surface area contributed by atoms with Gasteiger partial charge in [0.05, 0.1) is 6.26 Å². The Morgan fingerprint density at radius 3 is 2.40 bits per heavy atom. The van der Waals surface area contributed by atoms with Gasteiger partial charge in [0, 0.05) is 46.3 Å². The van der Waals surface area contributed by atoms with Gasteiger partial charge in [-0.3, -0.25) is 14.7 Å². The third-order valence-corrected chi connectivity index (χ3v) is 5.55. The van der Waals surface area contributed by atoms with E-state index < -0.39 is 0 Å². The van der Waals surface area contributed by atoms with Crippen LogP contribution in [0.1, 0.15) is 35.5 Å². The van der Waals surface area contributed by atoms with E-state index in [1.165, 1.54) is 17.4 Å². The van der Waals surface area contributed by atoms with Gasteiger partial charge < -0.3 is 19.5 Å². The number of aliphatic imine (C=N–C) groups is 1. The lowest BCUT2D eigenvalue weighted by Crippen LogP contribution is -2.53. The average molecular weight is 412 g/mol. The highest BCUT2D eigenvalue weighted by molar-refractivity contribution is 5.91. The molecule has 0 atom stereocenters. The van der Waals surface area contributed by atoms with Crippen molar-refractivity contribution < 1.29 is 9.21 Å². The summed E-state index contributed by atoms with van der Waals surface area (Å²) in [6, 6.07) is 12.2. The molecule has 1 N–H and O–H groups in total. The second-order valence-corrected chi connectivity index (χ2v) is 7.44. The minimum atomic E-state index is -0.0485. The van der Waals surface area contributed by atoms with E-state index in [0.717, 1.165) is 45.2 Å². The first kappa shape index (κ1) is 21.9. The van der Waals surface area contributed by atoms with Crippen molar-refractivity contribution in [2.75, 3.05) is 46.3 Å². The summed E-state index contributed by atoms with van der Waals surface area (Å²) in [5.74, 6) is 1.22. The zero-order valence-corrected chi connectivity index (χ0v) is 18.3. The zero-order valence-electron chi connectivity index (χ0n) is 18.3. The molecule has 30 heavy (non-hydrogen) atoms. The van der Waals surface area contributed by atoms with Gasteiger partial charge in [0.2, 0.25) is 0 Å². The topological polar surface area (TPSA) is 64.3 Å². The average Bonchev–Trinajstić information content (AvgIpc) is 3.33. The molecule has 1 aromatic heterocycles. The highest BCUT2D eigenvalue weighted by atomic mass is 16.3. The lowest BCUT2D eigenvalue weighted by atomic mass is 10.1. The number of rotatable bonds is 7. The van der Waals surface area contributed by atoms with Gasteiger partial charge in [0.1, 0.15) is 0 Å². The van der Waals surface area contributed by atoms with E-state index >= 15 is 0 Å². The van der Waals surface area contributed by atoms with Crippen molar-refractivity contribution in [1.29, 1.82) is 0 Å². The highest BCUT2D eigenvalue weighted by Crippen LogP contribution is 2.11. The van der Waals surface area contributed by atoms with Crippen LogP contribution in [0.5, 0.6) is 0 Å². The number of furan rings is 1. The molecule has 0 saturated carbocycles. The number of hydrogen-bond acceptors (Lipinski definition) is 4. The van der Waals surface area contributed by atoms with E-state index in [-0.39, 0.29) is 5.91 Å². The summed E-state index contributed by atoms with van der Waals surface area (Å²) < 4.78 is 5.24. The Balaban J connectivity index is 1.51. The molecule has 3 rings (SSSR count). The van der Waals surface area contributed by atoms with E-state index in [1.807, 2.05) is 4.90 Å². The number of hydrogen-bond donors (Lipinski definition) is 1. The van der Waals surface area contributed by atoms with Gasteiger partial charge in [-0.25, -0.2) is 0 Å². The Kier molecular flexibility index (Phi) is 7.90. The van der Waals surface area contributed by atoms with Crippen LogP contribution in [0.4, 0.5) is 0 Å². The second kappa shape index (κ2) is 10.8. The largest absolute Gasteiger partial charge is 0.459 e. The van der Waals surface area contributed by atoms with Crippen LogP contribution in [-0.2, 0) is 13.1 Å². The quantitative estimate of drug-likeness (QED) is 0.561. The molecule has 0 bridgehead atoms. The minimum Gasteiger partial charge on any atom is -0.459 e. The number of nitrogens with one attached hydrogen (secondary N) is 1. The Bertz CT molecular complexity index is 822. The number of carbonyl (C=O) groups is 1. The summed E-state index contributed by atoms with van der Waals surface area (Å²) >= 11 is 0. The van der Waals surface area contributed by atoms with Crippen LogP contribution in [0.25, 0.3) is 0 Å². The van der Waals surface area contributed by atoms with Crippen molar-refractivity contribution >= 4 is 11.9 Å². The summed E-state index contributed by atoms with van der Waals surface area (Å²) in [6.07, 6.45) is 1.53. The van der Waals surface area contributed by atoms with Crippen LogP contribution < -0.4 is 5.32 Å². The van der Waals surface area contributed by atoms with Gasteiger partial charge in [0.15, 0.2) is 11.7 Å². The van der Waals surface area contributed by atoms with Crippen LogP contribution in [0, 0.1) is 0 Å². The molecule has 1 aromatic carbocycles. The Morgan fingerprint density at radius 1 is 1.07 bits per heavy atom. The first-order valence-corrected chi connectivity index (χ1v) is 10.7. The van der Waals surface area contributed by atoms with E-state index in [1.54, 1.807) is 19.2 Å². The Hall–Kier alpha value is -2.80. The van der Waals surface area contributed by atoms with Crippen LogP contribution >= 0.6 is 0 Å². The fraction of sp³-hybridized carbons (Fsp3) is 0.478. The van der Waals surface area contributed by atoms with E-state index in [9.17, 15) is 4.79 Å². The van der Waals surface area contributed by atoms with Crippen molar-refractivity contribution in [2.45, 2.75) is 26.9 Å². The van der Waals surface area contributed by atoms with Gasteiger partial charge in [-0.2, -0.15) is 0 Å². The third-order valence-electron chi connectivity index (χ3n) is 5.55. The molecule has 1 saturated heterocycles. The second-order valence-electron chi connectivity index (χ2n) is 7.44. The zero-order chi connectivity index (χ0) is 21.3. The summed E-state index contributed by atoms with van der Waals surface area (Å²) in [6.45, 7) is 11.0. The van der Waals surface area contributed by atoms with Crippen molar-refractivity contribution in [2.24, 2.45) is 4.99 Å². The minimum absolute atomic E-state index is 0.0485. The molecule has 0 aliphatic carbocycles. The third kappa shape index (κ3) is 5.63. The van der Waals surface area contributed by atoms with Crippen LogP contribution in [0.3, 0.4) is 0 Å². The molecule has 162 valence electrons. The van der Waals surface area contributed by atoms with Crippen molar-refractivity contribution in [1.82, 2.24) is 20.0 Å². The Labute approximate surface area is 179 Å². The van der Waals surface area contributed by atoms with Crippen LogP contribution in [0.2, 0.25) is 0 Å². The number of benzene rings is 1. The molecule has 1 amide bonds. The lowest BCUT2D eigenvalue weighted by Gasteiger charge is -2.36. The predicted molar refractivity (Wildman–Crippen MR) is 119 cm³/mol. The fourth-order valence-corrected chi connectivity index (χ4v) is 3.73. The van der Waals surface area contributed by atoms with Gasteiger partial charge >= 0.3 is 0 Å². The molecule has 2 heterocycles. The first-order chi connectivity index (χ1) is 14.6. The number of amides is 1. The SMILES string of the molecule is CCN(CC)Cc1cccc(CNC(=NC)N2CCN(C(=O)c3ccco3)CC2)c1. The summed E-state index contributed by atoms with van der Waals surface area (Å²) in [7, 11) is 1.81. The highest BCUT2D eigenvalue weighted by Gasteiger charge is 2.25. The van der Waals surface area contributed by atoms with Crippen LogP contribution in [0.15, 0.2) is 52.1 Å². The van der Waals surface area contributed by atoms with Crippen molar-refractivity contribution in [3.05, 3.63) is 59.5 Å². The normalized spacial score (nSPS) is 15.0.